The van der Waals surface area contributed by atoms with Crippen LogP contribution in [0.3, 0.4) is 0 Å². The molecule has 0 radical (unpaired) electrons. The predicted molar refractivity (Wildman–Crippen MR) is 88.5 cm³/mol. The molecule has 2 aromatic rings. The molecular formula is C16H21N3OSi. The molecule has 21 heavy (non-hydrogen) atoms. The van der Waals surface area contributed by atoms with Crippen molar-refractivity contribution in [3.8, 4) is 5.75 Å². The van der Waals surface area contributed by atoms with Crippen LogP contribution in [0.25, 0.3) is 0 Å². The van der Waals surface area contributed by atoms with Gasteiger partial charge in [-0.05, 0) is 38.2 Å². The van der Waals surface area contributed by atoms with Crippen molar-refractivity contribution >= 4 is 14.5 Å². The maximum absolute atomic E-state index is 6.09. The second-order valence-corrected chi connectivity index (χ2v) is 10.3. The van der Waals surface area contributed by atoms with Gasteiger partial charge in [-0.15, -0.1) is 0 Å². The second kappa shape index (κ2) is 6.63. The Labute approximate surface area is 127 Å². The van der Waals surface area contributed by atoms with E-state index in [0.29, 0.717) is 12.4 Å². The number of aromatic nitrogens is 2. The minimum absolute atomic E-state index is 0.567. The molecule has 5 heteroatoms. The molecule has 0 aliphatic heterocycles. The summed E-state index contributed by atoms with van der Waals surface area (Å²) < 4.78 is 6.09. The molecule has 0 saturated carbocycles. The zero-order chi connectivity index (χ0) is 15.3. The Balaban J connectivity index is 2.07. The maximum Gasteiger partial charge on any atom is 0.242 e. The van der Waals surface area contributed by atoms with E-state index in [1.807, 2.05) is 31.2 Å². The second-order valence-electron chi connectivity index (χ2n) is 5.91. The first-order valence-electron chi connectivity index (χ1n) is 6.99. The fourth-order valence-corrected chi connectivity index (χ4v) is 2.62. The van der Waals surface area contributed by atoms with Crippen LogP contribution >= 0.6 is 0 Å². The maximum atomic E-state index is 6.09. The van der Waals surface area contributed by atoms with Crippen LogP contribution in [-0.4, -0.2) is 24.5 Å². The molecule has 1 heterocycles. The minimum atomic E-state index is -1.62. The summed E-state index contributed by atoms with van der Waals surface area (Å²) >= 11 is 0. The van der Waals surface area contributed by atoms with Crippen LogP contribution in [0.5, 0.6) is 5.75 Å². The van der Waals surface area contributed by atoms with E-state index in [2.05, 4.69) is 34.6 Å². The minimum Gasteiger partial charge on any atom is -0.544 e. The van der Waals surface area contributed by atoms with Gasteiger partial charge >= 0.3 is 0 Å². The molecule has 0 aliphatic carbocycles. The third kappa shape index (κ3) is 5.11. The van der Waals surface area contributed by atoms with E-state index in [-0.39, 0.29) is 0 Å². The van der Waals surface area contributed by atoms with E-state index >= 15 is 0 Å². The van der Waals surface area contributed by atoms with Gasteiger partial charge in [0.05, 0.1) is 12.8 Å². The Morgan fingerprint density at radius 3 is 2.48 bits per heavy atom. The van der Waals surface area contributed by atoms with Gasteiger partial charge in [-0.2, -0.15) is 0 Å². The number of nitrogens with zero attached hydrogens (tertiary/aromatic N) is 3. The summed E-state index contributed by atoms with van der Waals surface area (Å²) in [5, 5.41) is 0. The van der Waals surface area contributed by atoms with Gasteiger partial charge in [-0.3, -0.25) is 4.99 Å². The molecule has 1 aromatic heterocycles. The number of rotatable bonds is 5. The molecule has 110 valence electrons. The fourth-order valence-electron chi connectivity index (χ4n) is 1.76. The summed E-state index contributed by atoms with van der Waals surface area (Å²) in [6.07, 6.45) is 5.28. The Kier molecular flexibility index (Phi) is 4.85. The molecule has 1 aromatic carbocycles. The molecule has 0 aliphatic rings. The number of para-hydroxylation sites is 1. The van der Waals surface area contributed by atoms with Gasteiger partial charge in [0.15, 0.2) is 5.82 Å². The van der Waals surface area contributed by atoms with E-state index in [0.717, 1.165) is 16.9 Å². The third-order valence-electron chi connectivity index (χ3n) is 2.66. The molecule has 0 bridgehead atoms. The van der Waals surface area contributed by atoms with Gasteiger partial charge < -0.3 is 4.43 Å². The van der Waals surface area contributed by atoms with Crippen molar-refractivity contribution in [2.24, 2.45) is 4.99 Å². The summed E-state index contributed by atoms with van der Waals surface area (Å²) in [5.74, 6) is 1.56. The van der Waals surface area contributed by atoms with Crippen molar-refractivity contribution in [3.05, 3.63) is 53.6 Å². The zero-order valence-electron chi connectivity index (χ0n) is 13.0. The largest absolute Gasteiger partial charge is 0.544 e. The first-order chi connectivity index (χ1) is 9.94. The molecule has 2 rings (SSSR count). The Hall–Kier alpha value is -2.01. The standard InChI is InChI=1S/C16H21N3OSi/c1-13-9-18-16(19-10-13)12-17-11-14-7-5-6-8-15(14)20-21(2,3)4/h5-10,12H,11H2,1-4H3. The highest BCUT2D eigenvalue weighted by molar-refractivity contribution is 6.70. The van der Waals surface area contributed by atoms with E-state index in [4.69, 9.17) is 4.43 Å². The van der Waals surface area contributed by atoms with Crippen LogP contribution < -0.4 is 4.43 Å². The van der Waals surface area contributed by atoms with E-state index in [9.17, 15) is 0 Å². The molecule has 0 spiro atoms. The third-order valence-corrected chi connectivity index (χ3v) is 3.49. The van der Waals surface area contributed by atoms with Crippen LogP contribution in [-0.2, 0) is 6.54 Å². The summed E-state index contributed by atoms with van der Waals surface area (Å²) in [4.78, 5) is 12.8. The molecule has 0 fully saturated rings. The fraction of sp³-hybridized carbons (Fsp3) is 0.312. The Morgan fingerprint density at radius 2 is 1.81 bits per heavy atom. The lowest BCUT2D eigenvalue weighted by molar-refractivity contribution is 0.549. The van der Waals surface area contributed by atoms with Crippen molar-refractivity contribution in [1.82, 2.24) is 9.97 Å². The average molecular weight is 299 g/mol. The molecule has 0 unspecified atom stereocenters. The molecule has 0 saturated heterocycles. The first kappa shape index (κ1) is 15.4. The molecule has 4 nitrogen and oxygen atoms in total. The topological polar surface area (TPSA) is 47.4 Å². The van der Waals surface area contributed by atoms with E-state index in [1.165, 1.54) is 0 Å². The van der Waals surface area contributed by atoms with Gasteiger partial charge in [0, 0.05) is 18.0 Å². The van der Waals surface area contributed by atoms with Crippen LogP contribution in [0.1, 0.15) is 17.0 Å². The van der Waals surface area contributed by atoms with Crippen molar-refractivity contribution in [2.45, 2.75) is 33.1 Å². The smallest absolute Gasteiger partial charge is 0.242 e. The first-order valence-corrected chi connectivity index (χ1v) is 10.4. The highest BCUT2D eigenvalue weighted by Gasteiger charge is 2.17. The monoisotopic (exact) mass is 299 g/mol. The number of aliphatic imine (C=N–C) groups is 1. The van der Waals surface area contributed by atoms with Crippen molar-refractivity contribution in [1.29, 1.82) is 0 Å². The molecule has 0 N–H and O–H groups in total. The van der Waals surface area contributed by atoms with Crippen LogP contribution in [0.4, 0.5) is 0 Å². The predicted octanol–water partition coefficient (Wildman–Crippen LogP) is 3.62. The molecule has 0 amide bonds. The van der Waals surface area contributed by atoms with Crippen molar-refractivity contribution < 1.29 is 4.43 Å². The Morgan fingerprint density at radius 1 is 1.14 bits per heavy atom. The lowest BCUT2D eigenvalue weighted by atomic mass is 10.2. The summed E-state index contributed by atoms with van der Waals surface area (Å²) in [6, 6.07) is 8.05. The quantitative estimate of drug-likeness (QED) is 0.626. The van der Waals surface area contributed by atoms with Crippen molar-refractivity contribution in [3.63, 3.8) is 0 Å². The van der Waals surface area contributed by atoms with Gasteiger partial charge in [0.2, 0.25) is 8.32 Å². The normalized spacial score (nSPS) is 11.8. The van der Waals surface area contributed by atoms with Gasteiger partial charge in [-0.1, -0.05) is 18.2 Å². The molecular weight excluding hydrogens is 278 g/mol. The Bertz CT molecular complexity index is 618. The average Bonchev–Trinajstić information content (AvgIpc) is 2.41. The van der Waals surface area contributed by atoms with Crippen LogP contribution in [0, 0.1) is 6.92 Å². The number of benzene rings is 1. The van der Waals surface area contributed by atoms with Gasteiger partial charge in [0.25, 0.3) is 0 Å². The zero-order valence-corrected chi connectivity index (χ0v) is 14.0. The number of hydrogen-bond acceptors (Lipinski definition) is 4. The van der Waals surface area contributed by atoms with Gasteiger partial charge in [0.1, 0.15) is 5.75 Å². The van der Waals surface area contributed by atoms with Crippen molar-refractivity contribution in [2.75, 3.05) is 0 Å². The summed E-state index contributed by atoms with van der Waals surface area (Å²) in [6.45, 7) is 9.05. The highest BCUT2D eigenvalue weighted by atomic mass is 28.4. The summed E-state index contributed by atoms with van der Waals surface area (Å²) in [5.41, 5.74) is 2.13. The van der Waals surface area contributed by atoms with Crippen LogP contribution in [0.2, 0.25) is 19.6 Å². The summed E-state index contributed by atoms with van der Waals surface area (Å²) in [7, 11) is -1.62. The van der Waals surface area contributed by atoms with Crippen LogP contribution in [0.15, 0.2) is 41.7 Å². The lowest BCUT2D eigenvalue weighted by Crippen LogP contribution is -2.29. The van der Waals surface area contributed by atoms with E-state index in [1.54, 1.807) is 18.6 Å². The highest BCUT2D eigenvalue weighted by Crippen LogP contribution is 2.22. The number of hydrogen-bond donors (Lipinski definition) is 0. The molecule has 0 atom stereocenters. The van der Waals surface area contributed by atoms with Gasteiger partial charge in [-0.25, -0.2) is 9.97 Å². The van der Waals surface area contributed by atoms with E-state index < -0.39 is 8.32 Å². The number of aryl methyl sites for hydroxylation is 1. The lowest BCUT2D eigenvalue weighted by Gasteiger charge is -2.21. The SMILES string of the molecule is Cc1cnc(C=NCc2ccccc2O[Si](C)(C)C)nc1.